The first-order valence-corrected chi connectivity index (χ1v) is 20.0. The number of rotatable bonds is 15. The van der Waals surface area contributed by atoms with Gasteiger partial charge in [-0.05, 0) is 85.7 Å². The van der Waals surface area contributed by atoms with Crippen LogP contribution >= 0.6 is 35.0 Å². The summed E-state index contributed by atoms with van der Waals surface area (Å²) in [5, 5.41) is 3.84. The van der Waals surface area contributed by atoms with Crippen LogP contribution in [0.5, 0.6) is 5.75 Å². The highest BCUT2D eigenvalue weighted by Crippen LogP contribution is 2.34. The second-order valence-electron chi connectivity index (χ2n) is 12.1. The van der Waals surface area contributed by atoms with Gasteiger partial charge in [-0.15, -0.1) is 11.8 Å². The number of nitrogens with one attached hydrogen (secondary N) is 1. The molecule has 1 unspecified atom stereocenters. The molecule has 0 radical (unpaired) electrons. The fraction of sp³-hybridized carbons (Fsp3) is 0.316. The van der Waals surface area contributed by atoms with Crippen molar-refractivity contribution in [3.63, 3.8) is 0 Å². The molecule has 264 valence electrons. The lowest BCUT2D eigenvalue weighted by molar-refractivity contribution is -0.140. The van der Waals surface area contributed by atoms with Gasteiger partial charge in [-0.2, -0.15) is 0 Å². The lowest BCUT2D eigenvalue weighted by atomic mass is 10.0. The van der Waals surface area contributed by atoms with Crippen LogP contribution in [-0.2, 0) is 32.6 Å². The lowest BCUT2D eigenvalue weighted by Crippen LogP contribution is -2.54. The number of thioether (sulfide) groups is 1. The minimum atomic E-state index is -4.30. The van der Waals surface area contributed by atoms with E-state index in [2.05, 4.69) is 5.32 Å². The Morgan fingerprint density at radius 3 is 2.24 bits per heavy atom. The van der Waals surface area contributed by atoms with E-state index < -0.39 is 28.5 Å². The number of para-hydroxylation sites is 2. The molecule has 0 bridgehead atoms. The van der Waals surface area contributed by atoms with Gasteiger partial charge in [0.15, 0.2) is 0 Å². The molecule has 0 heterocycles. The first-order chi connectivity index (χ1) is 24.1. The Bertz CT molecular complexity index is 1870. The fourth-order valence-electron chi connectivity index (χ4n) is 6.09. The topological polar surface area (TPSA) is 96.0 Å². The molecule has 1 saturated carbocycles. The Morgan fingerprint density at radius 2 is 1.58 bits per heavy atom. The van der Waals surface area contributed by atoms with Gasteiger partial charge in [0.25, 0.3) is 10.0 Å². The van der Waals surface area contributed by atoms with E-state index in [0.29, 0.717) is 21.4 Å². The standard InChI is InChI=1S/C38H41Cl2N3O5S2/c1-3-48-36-16-10-9-15-34(36)43(50(46,47)31-20-18-30(49-2)19-21-31)26-37(44)42(25-28-17-22-32(39)33(40)23-28)35(24-27-11-5-4-6-12-27)38(45)41-29-13-7-8-14-29/h4-6,9-12,15-23,29,35H,3,7-8,13-14,24-26H2,1-2H3,(H,41,45). The van der Waals surface area contributed by atoms with Gasteiger partial charge in [-0.3, -0.25) is 13.9 Å². The summed E-state index contributed by atoms with van der Waals surface area (Å²) in [5.41, 5.74) is 1.70. The summed E-state index contributed by atoms with van der Waals surface area (Å²) in [7, 11) is -4.30. The molecular weight excluding hydrogens is 713 g/mol. The van der Waals surface area contributed by atoms with E-state index in [1.165, 1.54) is 28.8 Å². The second-order valence-corrected chi connectivity index (χ2v) is 15.6. The minimum Gasteiger partial charge on any atom is -0.492 e. The number of sulfonamides is 1. The number of ether oxygens (including phenoxy) is 1. The van der Waals surface area contributed by atoms with Crippen LogP contribution in [0.3, 0.4) is 0 Å². The quantitative estimate of drug-likeness (QED) is 0.124. The molecule has 12 heteroatoms. The fourth-order valence-corrected chi connectivity index (χ4v) is 8.24. The Morgan fingerprint density at radius 1 is 0.900 bits per heavy atom. The maximum atomic E-state index is 14.8. The number of hydrogen-bond donors (Lipinski definition) is 1. The SMILES string of the molecule is CCOc1ccccc1N(CC(=O)N(Cc1ccc(Cl)c(Cl)c1)C(Cc1ccccc1)C(=O)NC1CCCC1)S(=O)(=O)c1ccc(SC)cc1. The lowest BCUT2D eigenvalue weighted by Gasteiger charge is -2.34. The van der Waals surface area contributed by atoms with Crippen molar-refractivity contribution >= 4 is 62.5 Å². The van der Waals surface area contributed by atoms with E-state index in [1.54, 1.807) is 61.5 Å². The van der Waals surface area contributed by atoms with Crippen molar-refractivity contribution in [2.45, 2.75) is 67.4 Å². The van der Waals surface area contributed by atoms with Crippen LogP contribution in [0.4, 0.5) is 5.69 Å². The largest absolute Gasteiger partial charge is 0.492 e. The number of carbonyl (C=O) groups is 2. The van der Waals surface area contributed by atoms with Gasteiger partial charge in [-0.1, -0.05) is 84.6 Å². The summed E-state index contributed by atoms with van der Waals surface area (Å²) >= 11 is 14.1. The van der Waals surface area contributed by atoms with Crippen molar-refractivity contribution in [2.75, 3.05) is 23.7 Å². The number of amides is 2. The molecule has 50 heavy (non-hydrogen) atoms. The summed E-state index contributed by atoms with van der Waals surface area (Å²) in [4.78, 5) is 31.4. The molecule has 1 N–H and O–H groups in total. The highest BCUT2D eigenvalue weighted by atomic mass is 35.5. The number of carbonyl (C=O) groups excluding carboxylic acids is 2. The highest BCUT2D eigenvalue weighted by Gasteiger charge is 2.36. The van der Waals surface area contributed by atoms with E-state index in [4.69, 9.17) is 27.9 Å². The molecular formula is C38H41Cl2N3O5S2. The van der Waals surface area contributed by atoms with Crippen LogP contribution in [0.1, 0.15) is 43.7 Å². The van der Waals surface area contributed by atoms with E-state index in [9.17, 15) is 18.0 Å². The van der Waals surface area contributed by atoms with Crippen LogP contribution in [0.15, 0.2) is 107 Å². The van der Waals surface area contributed by atoms with Gasteiger partial charge >= 0.3 is 0 Å². The predicted octanol–water partition coefficient (Wildman–Crippen LogP) is 8.01. The zero-order chi connectivity index (χ0) is 35.7. The Labute approximate surface area is 309 Å². The van der Waals surface area contributed by atoms with Gasteiger partial charge in [-0.25, -0.2) is 8.42 Å². The molecule has 5 rings (SSSR count). The number of halogens is 2. The van der Waals surface area contributed by atoms with Crippen molar-refractivity contribution in [3.8, 4) is 5.75 Å². The van der Waals surface area contributed by atoms with E-state index in [0.717, 1.165) is 40.4 Å². The molecule has 0 aliphatic heterocycles. The van der Waals surface area contributed by atoms with Crippen molar-refractivity contribution in [3.05, 3.63) is 118 Å². The Kier molecular flexibility index (Phi) is 13.1. The summed E-state index contributed by atoms with van der Waals surface area (Å²) in [6.45, 7) is 1.47. The summed E-state index contributed by atoms with van der Waals surface area (Å²) in [5.74, 6) is -0.567. The van der Waals surface area contributed by atoms with E-state index >= 15 is 0 Å². The zero-order valence-electron chi connectivity index (χ0n) is 28.1. The van der Waals surface area contributed by atoms with Gasteiger partial charge in [0.05, 0.1) is 27.2 Å². The Balaban J connectivity index is 1.60. The number of nitrogens with zero attached hydrogens (tertiary/aromatic N) is 2. The molecule has 0 saturated heterocycles. The normalized spacial score (nSPS) is 13.8. The molecule has 4 aromatic rings. The van der Waals surface area contributed by atoms with Gasteiger partial charge in [0.1, 0.15) is 18.3 Å². The molecule has 4 aromatic carbocycles. The molecule has 1 aliphatic carbocycles. The number of anilines is 1. The molecule has 1 aliphatic rings. The van der Waals surface area contributed by atoms with Crippen LogP contribution < -0.4 is 14.4 Å². The Hall–Kier alpha value is -3.70. The third kappa shape index (κ3) is 9.34. The molecule has 1 atom stereocenters. The second kappa shape index (κ2) is 17.5. The summed E-state index contributed by atoms with van der Waals surface area (Å²) in [6.07, 6.45) is 5.88. The third-order valence-electron chi connectivity index (χ3n) is 8.67. The number of hydrogen-bond acceptors (Lipinski definition) is 6. The van der Waals surface area contributed by atoms with Crippen molar-refractivity contribution in [1.82, 2.24) is 10.2 Å². The predicted molar refractivity (Wildman–Crippen MR) is 202 cm³/mol. The van der Waals surface area contributed by atoms with Crippen molar-refractivity contribution in [1.29, 1.82) is 0 Å². The molecule has 2 amide bonds. The van der Waals surface area contributed by atoms with Crippen molar-refractivity contribution < 1.29 is 22.7 Å². The maximum absolute atomic E-state index is 14.8. The summed E-state index contributed by atoms with van der Waals surface area (Å²) < 4.78 is 35.9. The first kappa shape index (κ1) is 37.6. The van der Waals surface area contributed by atoms with Gasteiger partial charge in [0.2, 0.25) is 11.8 Å². The average Bonchev–Trinajstić information content (AvgIpc) is 3.64. The third-order valence-corrected chi connectivity index (χ3v) is 11.9. The highest BCUT2D eigenvalue weighted by molar-refractivity contribution is 7.98. The van der Waals surface area contributed by atoms with Crippen molar-refractivity contribution in [2.24, 2.45) is 0 Å². The first-order valence-electron chi connectivity index (χ1n) is 16.6. The van der Waals surface area contributed by atoms with Crippen LogP contribution in [0.25, 0.3) is 0 Å². The molecule has 0 aromatic heterocycles. The van der Waals surface area contributed by atoms with Gasteiger partial charge < -0.3 is 15.0 Å². The minimum absolute atomic E-state index is 0.00176. The van der Waals surface area contributed by atoms with Crippen LogP contribution in [-0.4, -0.2) is 56.6 Å². The van der Waals surface area contributed by atoms with Crippen LogP contribution in [0, 0.1) is 0 Å². The van der Waals surface area contributed by atoms with Crippen LogP contribution in [0.2, 0.25) is 10.0 Å². The average molecular weight is 755 g/mol. The smallest absolute Gasteiger partial charge is 0.264 e. The molecule has 1 fully saturated rings. The summed E-state index contributed by atoms with van der Waals surface area (Å²) in [6, 6.07) is 26.8. The van der Waals surface area contributed by atoms with E-state index in [1.807, 2.05) is 36.6 Å². The number of benzene rings is 4. The monoisotopic (exact) mass is 753 g/mol. The zero-order valence-corrected chi connectivity index (χ0v) is 31.2. The van der Waals surface area contributed by atoms with Gasteiger partial charge in [0, 0.05) is 23.9 Å². The molecule has 0 spiro atoms. The van der Waals surface area contributed by atoms with E-state index in [-0.39, 0.29) is 42.1 Å². The molecule has 8 nitrogen and oxygen atoms in total. The maximum Gasteiger partial charge on any atom is 0.264 e.